The maximum atomic E-state index is 12.2. The molecule has 1 aromatic rings. The maximum absolute atomic E-state index is 12.2. The van der Waals surface area contributed by atoms with Crippen LogP contribution >= 0.6 is 0 Å². The number of rotatable bonds is 5. The molecule has 2 heterocycles. The molecule has 1 saturated carbocycles. The van der Waals surface area contributed by atoms with Crippen LogP contribution in [0.2, 0.25) is 0 Å². The summed E-state index contributed by atoms with van der Waals surface area (Å²) in [5, 5.41) is 3.09. The molecule has 1 aliphatic carbocycles. The summed E-state index contributed by atoms with van der Waals surface area (Å²) in [6.45, 7) is 3.68. The quantitative estimate of drug-likeness (QED) is 0.874. The third kappa shape index (κ3) is 4.47. The molecule has 1 atom stereocenters. The highest BCUT2D eigenvalue weighted by Gasteiger charge is 2.28. The van der Waals surface area contributed by atoms with Gasteiger partial charge in [0.1, 0.15) is 5.82 Å². The number of hydrogen-bond donors (Lipinski definition) is 2. The third-order valence-corrected chi connectivity index (χ3v) is 5.22. The van der Waals surface area contributed by atoms with Crippen LogP contribution in [0.5, 0.6) is 0 Å². The molecule has 0 radical (unpaired) electrons. The molecule has 128 valence electrons. The van der Waals surface area contributed by atoms with Gasteiger partial charge in [0.2, 0.25) is 0 Å². The Morgan fingerprint density at radius 2 is 2.22 bits per heavy atom. The first-order valence-electron chi connectivity index (χ1n) is 8.93. The molecule has 2 N–H and O–H groups in total. The van der Waals surface area contributed by atoms with Gasteiger partial charge in [0.05, 0.1) is 6.54 Å². The van der Waals surface area contributed by atoms with Gasteiger partial charge in [-0.1, -0.05) is 12.8 Å². The van der Waals surface area contributed by atoms with Crippen molar-refractivity contribution in [1.29, 1.82) is 0 Å². The van der Waals surface area contributed by atoms with E-state index in [1.165, 1.54) is 45.1 Å². The van der Waals surface area contributed by atoms with Crippen LogP contribution in [0.15, 0.2) is 12.4 Å². The molecule has 0 bridgehead atoms. The van der Waals surface area contributed by atoms with Crippen LogP contribution in [-0.4, -0.2) is 58.5 Å². The molecular formula is C17H29N5O. The number of carbonyl (C=O) groups excluding carboxylic acids is 1. The Morgan fingerprint density at radius 3 is 2.96 bits per heavy atom. The van der Waals surface area contributed by atoms with E-state index in [-0.39, 0.29) is 6.03 Å². The molecule has 2 aliphatic rings. The summed E-state index contributed by atoms with van der Waals surface area (Å²) in [5.41, 5.74) is 0. The Balaban J connectivity index is 1.41. The van der Waals surface area contributed by atoms with Crippen molar-refractivity contribution in [2.24, 2.45) is 5.92 Å². The van der Waals surface area contributed by atoms with Gasteiger partial charge in [0.15, 0.2) is 0 Å². The number of imidazole rings is 1. The SMILES string of the molecule is CN(Cc1ncc[nH]1)C(=O)NCC1CCCN(C2CCCC2)C1. The summed E-state index contributed by atoms with van der Waals surface area (Å²) >= 11 is 0. The molecule has 1 aliphatic heterocycles. The van der Waals surface area contributed by atoms with Crippen molar-refractivity contribution in [2.45, 2.75) is 51.1 Å². The number of H-pyrrole nitrogens is 1. The van der Waals surface area contributed by atoms with Gasteiger partial charge in [-0.05, 0) is 38.1 Å². The summed E-state index contributed by atoms with van der Waals surface area (Å²) in [6.07, 6.45) is 11.5. The van der Waals surface area contributed by atoms with E-state index in [1.807, 2.05) is 7.05 Å². The zero-order valence-electron chi connectivity index (χ0n) is 14.1. The fourth-order valence-corrected chi connectivity index (χ4v) is 3.91. The molecule has 1 saturated heterocycles. The number of likely N-dealkylation sites (tertiary alicyclic amines) is 1. The van der Waals surface area contributed by atoms with E-state index in [0.29, 0.717) is 12.5 Å². The number of hydrogen-bond acceptors (Lipinski definition) is 3. The Bertz CT molecular complexity index is 483. The molecule has 1 aromatic heterocycles. The second kappa shape index (κ2) is 7.81. The molecule has 2 amide bonds. The van der Waals surface area contributed by atoms with E-state index in [0.717, 1.165) is 25.0 Å². The van der Waals surface area contributed by atoms with Crippen molar-refractivity contribution < 1.29 is 4.79 Å². The van der Waals surface area contributed by atoms with Crippen LogP contribution in [0, 0.1) is 5.92 Å². The largest absolute Gasteiger partial charge is 0.347 e. The number of nitrogens with one attached hydrogen (secondary N) is 2. The number of amides is 2. The highest BCUT2D eigenvalue weighted by atomic mass is 16.2. The fraction of sp³-hybridized carbons (Fsp3) is 0.765. The standard InChI is InChI=1S/C17H29N5O/c1-21(13-16-18-8-9-19-16)17(23)20-11-14-5-4-10-22(12-14)15-6-2-3-7-15/h8-9,14-15H,2-7,10-13H2,1H3,(H,18,19)(H,20,23). The van der Waals surface area contributed by atoms with Crippen LogP contribution in [0.25, 0.3) is 0 Å². The van der Waals surface area contributed by atoms with Gasteiger partial charge in [-0.3, -0.25) is 0 Å². The van der Waals surface area contributed by atoms with E-state index in [4.69, 9.17) is 0 Å². The molecule has 2 fully saturated rings. The first-order valence-corrected chi connectivity index (χ1v) is 8.93. The Hall–Kier alpha value is -1.56. The first kappa shape index (κ1) is 16.3. The molecule has 6 nitrogen and oxygen atoms in total. The Morgan fingerprint density at radius 1 is 1.39 bits per heavy atom. The van der Waals surface area contributed by atoms with Gasteiger partial charge in [0, 0.05) is 38.6 Å². The number of piperidine rings is 1. The first-order chi connectivity index (χ1) is 11.2. The van der Waals surface area contributed by atoms with Crippen molar-refractivity contribution in [1.82, 2.24) is 25.1 Å². The molecule has 6 heteroatoms. The minimum atomic E-state index is -0.0145. The van der Waals surface area contributed by atoms with Crippen LogP contribution in [-0.2, 0) is 6.54 Å². The molecule has 23 heavy (non-hydrogen) atoms. The van der Waals surface area contributed by atoms with Crippen LogP contribution < -0.4 is 5.32 Å². The average Bonchev–Trinajstić information content (AvgIpc) is 3.26. The van der Waals surface area contributed by atoms with Crippen molar-refractivity contribution in [3.8, 4) is 0 Å². The van der Waals surface area contributed by atoms with Gasteiger partial charge >= 0.3 is 6.03 Å². The predicted molar refractivity (Wildman–Crippen MR) is 90.0 cm³/mol. The van der Waals surface area contributed by atoms with Gasteiger partial charge in [-0.15, -0.1) is 0 Å². The predicted octanol–water partition coefficient (Wildman–Crippen LogP) is 2.21. The van der Waals surface area contributed by atoms with Gasteiger partial charge < -0.3 is 20.1 Å². The minimum Gasteiger partial charge on any atom is -0.347 e. The lowest BCUT2D eigenvalue weighted by molar-refractivity contribution is 0.123. The normalized spacial score (nSPS) is 23.1. The van der Waals surface area contributed by atoms with E-state index in [1.54, 1.807) is 17.3 Å². The van der Waals surface area contributed by atoms with Gasteiger partial charge in [0.25, 0.3) is 0 Å². The number of aromatic nitrogens is 2. The smallest absolute Gasteiger partial charge is 0.317 e. The van der Waals surface area contributed by atoms with Crippen LogP contribution in [0.3, 0.4) is 0 Å². The molecule has 3 rings (SSSR count). The minimum absolute atomic E-state index is 0.0145. The van der Waals surface area contributed by atoms with Crippen LogP contribution in [0.4, 0.5) is 4.79 Å². The molecular weight excluding hydrogens is 290 g/mol. The number of urea groups is 1. The monoisotopic (exact) mass is 319 g/mol. The lowest BCUT2D eigenvalue weighted by atomic mass is 9.96. The molecule has 0 aromatic carbocycles. The van der Waals surface area contributed by atoms with Crippen LogP contribution in [0.1, 0.15) is 44.3 Å². The van der Waals surface area contributed by atoms with Crippen molar-refractivity contribution in [2.75, 3.05) is 26.7 Å². The van der Waals surface area contributed by atoms with Gasteiger partial charge in [-0.25, -0.2) is 9.78 Å². The van der Waals surface area contributed by atoms with E-state index in [9.17, 15) is 4.79 Å². The highest BCUT2D eigenvalue weighted by Crippen LogP contribution is 2.27. The van der Waals surface area contributed by atoms with E-state index in [2.05, 4.69) is 20.2 Å². The number of nitrogens with zero attached hydrogens (tertiary/aromatic N) is 3. The van der Waals surface area contributed by atoms with Crippen molar-refractivity contribution in [3.63, 3.8) is 0 Å². The third-order valence-electron chi connectivity index (χ3n) is 5.22. The highest BCUT2D eigenvalue weighted by molar-refractivity contribution is 5.73. The molecule has 1 unspecified atom stereocenters. The second-order valence-electron chi connectivity index (χ2n) is 7.02. The second-order valence-corrected chi connectivity index (χ2v) is 7.02. The zero-order valence-corrected chi connectivity index (χ0v) is 14.1. The maximum Gasteiger partial charge on any atom is 0.317 e. The zero-order chi connectivity index (χ0) is 16.1. The van der Waals surface area contributed by atoms with E-state index < -0.39 is 0 Å². The lowest BCUT2D eigenvalue weighted by Crippen LogP contribution is -2.46. The van der Waals surface area contributed by atoms with E-state index >= 15 is 0 Å². The topological polar surface area (TPSA) is 64.3 Å². The Labute approximate surface area is 138 Å². The average molecular weight is 319 g/mol. The number of aromatic amines is 1. The Kier molecular flexibility index (Phi) is 5.54. The summed E-state index contributed by atoms with van der Waals surface area (Å²) in [4.78, 5) is 23.7. The van der Waals surface area contributed by atoms with Crippen molar-refractivity contribution in [3.05, 3.63) is 18.2 Å². The summed E-state index contributed by atoms with van der Waals surface area (Å²) in [6, 6.07) is 0.787. The van der Waals surface area contributed by atoms with Crippen molar-refractivity contribution >= 4 is 6.03 Å². The fourth-order valence-electron chi connectivity index (χ4n) is 3.91. The summed E-state index contributed by atoms with van der Waals surface area (Å²) in [7, 11) is 1.81. The lowest BCUT2D eigenvalue weighted by Gasteiger charge is -2.37. The summed E-state index contributed by atoms with van der Waals surface area (Å²) < 4.78 is 0. The van der Waals surface area contributed by atoms with Gasteiger partial charge in [-0.2, -0.15) is 0 Å². The summed E-state index contributed by atoms with van der Waals surface area (Å²) in [5.74, 6) is 1.40. The number of carbonyl (C=O) groups is 1. The molecule has 0 spiro atoms.